The number of hydrogen-bond donors (Lipinski definition) is 1. The summed E-state index contributed by atoms with van der Waals surface area (Å²) in [6.07, 6.45) is 8.05. The van der Waals surface area contributed by atoms with Crippen LogP contribution in [0.1, 0.15) is 32.1 Å². The predicted molar refractivity (Wildman–Crippen MR) is 36.9 cm³/mol. The second-order valence-corrected chi connectivity index (χ2v) is 2.66. The minimum Gasteiger partial charge on any atom is -0.411 e. The van der Waals surface area contributed by atoms with Crippen LogP contribution in [0.4, 0.5) is 0 Å². The van der Waals surface area contributed by atoms with Crippen molar-refractivity contribution in [1.29, 1.82) is 0 Å². The Bertz CT molecular complexity index is 95.1. The van der Waals surface area contributed by atoms with Crippen LogP contribution >= 0.6 is 0 Å². The smallest absolute Gasteiger partial charge is 0.0466 e. The van der Waals surface area contributed by atoms with E-state index >= 15 is 0 Å². The van der Waals surface area contributed by atoms with Crippen LogP contribution in [-0.4, -0.2) is 11.4 Å². The van der Waals surface area contributed by atoms with E-state index < -0.39 is 0 Å². The molecule has 0 aliphatic heterocycles. The first-order chi connectivity index (χ1) is 4.43. The van der Waals surface area contributed by atoms with Gasteiger partial charge in [0.05, 0.1) is 0 Å². The molecule has 1 aliphatic carbocycles. The average Bonchev–Trinajstić information content (AvgIpc) is 1.91. The zero-order valence-electron chi connectivity index (χ0n) is 5.58. The second-order valence-electron chi connectivity index (χ2n) is 2.66. The fraction of sp³-hybridized carbons (Fsp3) is 0.857. The Morgan fingerprint density at radius 2 is 1.89 bits per heavy atom. The molecule has 0 aromatic rings. The second kappa shape index (κ2) is 3.49. The van der Waals surface area contributed by atoms with Crippen molar-refractivity contribution in [3.05, 3.63) is 0 Å². The highest BCUT2D eigenvalue weighted by molar-refractivity contribution is 5.59. The molecule has 9 heavy (non-hydrogen) atoms. The highest BCUT2D eigenvalue weighted by Gasteiger charge is 2.10. The van der Waals surface area contributed by atoms with Gasteiger partial charge in [-0.15, -0.1) is 5.16 Å². The Morgan fingerprint density at radius 1 is 1.22 bits per heavy atom. The van der Waals surface area contributed by atoms with Crippen LogP contribution in [0.25, 0.3) is 0 Å². The van der Waals surface area contributed by atoms with E-state index in [1.165, 1.54) is 32.1 Å². The zero-order valence-corrected chi connectivity index (χ0v) is 5.58. The molecular weight excluding hydrogens is 114 g/mol. The molecule has 1 aliphatic rings. The summed E-state index contributed by atoms with van der Waals surface area (Å²) in [5.41, 5.74) is 0. The van der Waals surface area contributed by atoms with E-state index in [0.717, 1.165) is 0 Å². The lowest BCUT2D eigenvalue weighted by Crippen LogP contribution is -2.06. The van der Waals surface area contributed by atoms with Crippen LogP contribution in [0.5, 0.6) is 0 Å². The molecular formula is C7H13NO. The summed E-state index contributed by atoms with van der Waals surface area (Å²) >= 11 is 0. The third kappa shape index (κ3) is 2.04. The molecule has 0 amide bonds. The predicted octanol–water partition coefficient (Wildman–Crippen LogP) is 2.03. The summed E-state index contributed by atoms with van der Waals surface area (Å²) in [5, 5.41) is 11.2. The van der Waals surface area contributed by atoms with Gasteiger partial charge in [0.25, 0.3) is 0 Å². The molecule has 0 saturated heterocycles. The standard InChI is InChI=1S/C7H13NO/c9-8-6-7-4-2-1-3-5-7/h6-7,9H,1-5H2/b8-6-. The highest BCUT2D eigenvalue weighted by atomic mass is 16.4. The van der Waals surface area contributed by atoms with Gasteiger partial charge in [-0.05, 0) is 18.8 Å². The molecule has 2 nitrogen and oxygen atoms in total. The van der Waals surface area contributed by atoms with Gasteiger partial charge in [0.2, 0.25) is 0 Å². The van der Waals surface area contributed by atoms with E-state index in [0.29, 0.717) is 5.92 Å². The van der Waals surface area contributed by atoms with Crippen molar-refractivity contribution in [3.63, 3.8) is 0 Å². The van der Waals surface area contributed by atoms with E-state index in [9.17, 15) is 0 Å². The fourth-order valence-electron chi connectivity index (χ4n) is 1.38. The molecule has 0 spiro atoms. The molecule has 1 N–H and O–H groups in total. The largest absolute Gasteiger partial charge is 0.411 e. The SMILES string of the molecule is O/N=C\C1CCCCC1. The van der Waals surface area contributed by atoms with Crippen LogP contribution in [-0.2, 0) is 0 Å². The lowest BCUT2D eigenvalue weighted by atomic mass is 9.90. The molecule has 0 unspecified atom stereocenters. The minimum absolute atomic E-state index is 0.559. The lowest BCUT2D eigenvalue weighted by Gasteiger charge is -2.15. The molecule has 0 bridgehead atoms. The number of oxime groups is 1. The van der Waals surface area contributed by atoms with Gasteiger partial charge in [0.15, 0.2) is 0 Å². The molecule has 2 heteroatoms. The summed E-state index contributed by atoms with van der Waals surface area (Å²) in [5.74, 6) is 0.559. The van der Waals surface area contributed by atoms with Crippen molar-refractivity contribution in [1.82, 2.24) is 0 Å². The Kier molecular flexibility index (Phi) is 2.55. The third-order valence-electron chi connectivity index (χ3n) is 1.93. The normalized spacial score (nSPS) is 23.1. The maximum atomic E-state index is 8.19. The van der Waals surface area contributed by atoms with Crippen molar-refractivity contribution >= 4 is 6.21 Å². The first kappa shape index (κ1) is 6.59. The van der Waals surface area contributed by atoms with E-state index in [1.807, 2.05) is 0 Å². The summed E-state index contributed by atoms with van der Waals surface area (Å²) in [7, 11) is 0. The van der Waals surface area contributed by atoms with Crippen LogP contribution in [0.3, 0.4) is 0 Å². The van der Waals surface area contributed by atoms with Gasteiger partial charge in [0, 0.05) is 6.21 Å². The highest BCUT2D eigenvalue weighted by Crippen LogP contribution is 2.21. The van der Waals surface area contributed by atoms with Gasteiger partial charge in [0.1, 0.15) is 0 Å². The molecule has 0 radical (unpaired) electrons. The lowest BCUT2D eigenvalue weighted by molar-refractivity contribution is 0.314. The number of nitrogens with zero attached hydrogens (tertiary/aromatic N) is 1. The van der Waals surface area contributed by atoms with E-state index in [1.54, 1.807) is 6.21 Å². The van der Waals surface area contributed by atoms with E-state index in [4.69, 9.17) is 5.21 Å². The average molecular weight is 127 g/mol. The summed E-state index contributed by atoms with van der Waals surface area (Å²) < 4.78 is 0. The first-order valence-electron chi connectivity index (χ1n) is 3.61. The van der Waals surface area contributed by atoms with Gasteiger partial charge >= 0.3 is 0 Å². The molecule has 52 valence electrons. The molecule has 1 fully saturated rings. The number of rotatable bonds is 1. The molecule has 0 atom stereocenters. The maximum Gasteiger partial charge on any atom is 0.0466 e. The van der Waals surface area contributed by atoms with E-state index in [-0.39, 0.29) is 0 Å². The Morgan fingerprint density at radius 3 is 2.44 bits per heavy atom. The summed E-state index contributed by atoms with van der Waals surface area (Å²) in [6.45, 7) is 0. The van der Waals surface area contributed by atoms with Crippen molar-refractivity contribution in [3.8, 4) is 0 Å². The Balaban J connectivity index is 2.23. The van der Waals surface area contributed by atoms with Gasteiger partial charge in [-0.25, -0.2) is 0 Å². The topological polar surface area (TPSA) is 32.6 Å². The maximum absolute atomic E-state index is 8.19. The Labute approximate surface area is 55.6 Å². The van der Waals surface area contributed by atoms with Gasteiger partial charge in [-0.3, -0.25) is 0 Å². The van der Waals surface area contributed by atoms with Crippen molar-refractivity contribution in [2.45, 2.75) is 32.1 Å². The van der Waals surface area contributed by atoms with Gasteiger partial charge < -0.3 is 5.21 Å². The van der Waals surface area contributed by atoms with Crippen LogP contribution in [0.2, 0.25) is 0 Å². The summed E-state index contributed by atoms with van der Waals surface area (Å²) in [4.78, 5) is 0. The quantitative estimate of drug-likeness (QED) is 0.326. The van der Waals surface area contributed by atoms with Crippen molar-refractivity contribution < 1.29 is 5.21 Å². The van der Waals surface area contributed by atoms with E-state index in [2.05, 4.69) is 5.16 Å². The number of hydrogen-bond acceptors (Lipinski definition) is 2. The summed E-state index contributed by atoms with van der Waals surface area (Å²) in [6, 6.07) is 0. The minimum atomic E-state index is 0.559. The molecule has 1 rings (SSSR count). The molecule has 0 aromatic heterocycles. The van der Waals surface area contributed by atoms with Gasteiger partial charge in [-0.1, -0.05) is 19.3 Å². The Hall–Kier alpha value is -0.530. The van der Waals surface area contributed by atoms with Gasteiger partial charge in [-0.2, -0.15) is 0 Å². The van der Waals surface area contributed by atoms with Crippen LogP contribution in [0, 0.1) is 5.92 Å². The molecule has 0 heterocycles. The van der Waals surface area contributed by atoms with Crippen LogP contribution in [0.15, 0.2) is 5.16 Å². The monoisotopic (exact) mass is 127 g/mol. The first-order valence-corrected chi connectivity index (χ1v) is 3.61. The zero-order chi connectivity index (χ0) is 6.53. The molecule has 0 aromatic carbocycles. The molecule has 1 saturated carbocycles. The van der Waals surface area contributed by atoms with Crippen molar-refractivity contribution in [2.24, 2.45) is 11.1 Å². The van der Waals surface area contributed by atoms with Crippen LogP contribution < -0.4 is 0 Å². The van der Waals surface area contributed by atoms with Crippen molar-refractivity contribution in [2.75, 3.05) is 0 Å². The third-order valence-corrected chi connectivity index (χ3v) is 1.93. The fourth-order valence-corrected chi connectivity index (χ4v) is 1.38.